The fourth-order valence-corrected chi connectivity index (χ4v) is 4.23. The molecule has 2 unspecified atom stereocenters. The number of carbonyl (C=O) groups is 1. The summed E-state index contributed by atoms with van der Waals surface area (Å²) in [5.41, 5.74) is 0.626. The van der Waals surface area contributed by atoms with Crippen molar-refractivity contribution >= 4 is 5.78 Å². The van der Waals surface area contributed by atoms with Crippen LogP contribution in [-0.4, -0.2) is 41.5 Å². The lowest BCUT2D eigenvalue weighted by Gasteiger charge is -2.19. The van der Waals surface area contributed by atoms with Crippen LogP contribution in [0.5, 0.6) is 11.5 Å². The van der Waals surface area contributed by atoms with Crippen LogP contribution in [0.3, 0.4) is 0 Å². The number of aromatic hydroxyl groups is 1. The topological polar surface area (TPSA) is 49.8 Å². The molecule has 1 aliphatic carbocycles. The highest BCUT2D eigenvalue weighted by Crippen LogP contribution is 2.40. The average Bonchev–Trinajstić information content (AvgIpc) is 3.15. The van der Waals surface area contributed by atoms with Crippen LogP contribution in [-0.2, 0) is 0 Å². The Morgan fingerprint density at radius 1 is 1.08 bits per heavy atom. The SMILES string of the molecule is O=C(CN1CC2CC(Oc3ccccc3F)C[C@@H]2C1)c1ccc(O)cc1. The number of hydrogen-bond donors (Lipinski definition) is 1. The number of hydrogen-bond acceptors (Lipinski definition) is 4. The van der Waals surface area contributed by atoms with E-state index in [-0.39, 0.29) is 23.5 Å². The standard InChI is InChI=1S/C21H22FNO3/c22-19-3-1-2-4-21(19)26-18-9-15-11-23(12-16(15)10-18)13-20(25)14-5-7-17(24)8-6-14/h1-8,15-16,18,24H,9-13H2/t15-,16?,18?/m1/s1. The zero-order valence-corrected chi connectivity index (χ0v) is 14.5. The Bertz CT molecular complexity index is 778. The van der Waals surface area contributed by atoms with Crippen LogP contribution >= 0.6 is 0 Å². The normalized spacial score (nSPS) is 25.2. The molecule has 1 saturated carbocycles. The first kappa shape index (κ1) is 17.0. The molecular weight excluding hydrogens is 333 g/mol. The molecule has 3 atom stereocenters. The van der Waals surface area contributed by atoms with E-state index in [1.165, 1.54) is 18.2 Å². The minimum Gasteiger partial charge on any atom is -0.508 e. The summed E-state index contributed by atoms with van der Waals surface area (Å²) in [6.07, 6.45) is 1.86. The molecule has 136 valence electrons. The van der Waals surface area contributed by atoms with E-state index in [9.17, 15) is 14.3 Å². The Kier molecular flexibility index (Phi) is 4.64. The monoisotopic (exact) mass is 355 g/mol. The third kappa shape index (κ3) is 3.58. The number of halogens is 1. The molecule has 0 spiro atoms. The third-order valence-corrected chi connectivity index (χ3v) is 5.47. The van der Waals surface area contributed by atoms with Crippen molar-refractivity contribution in [1.82, 2.24) is 4.90 Å². The molecule has 0 bridgehead atoms. The van der Waals surface area contributed by atoms with E-state index in [0.717, 1.165) is 25.9 Å². The van der Waals surface area contributed by atoms with Crippen molar-refractivity contribution in [2.24, 2.45) is 11.8 Å². The van der Waals surface area contributed by atoms with Crippen LogP contribution in [0, 0.1) is 17.7 Å². The zero-order chi connectivity index (χ0) is 18.1. The Morgan fingerprint density at radius 3 is 2.38 bits per heavy atom. The van der Waals surface area contributed by atoms with Crippen LogP contribution in [0.4, 0.5) is 4.39 Å². The highest BCUT2D eigenvalue weighted by Gasteiger charge is 2.42. The summed E-state index contributed by atoms with van der Waals surface area (Å²) in [5, 5.41) is 9.32. The first-order valence-corrected chi connectivity index (χ1v) is 9.04. The molecule has 1 saturated heterocycles. The maximum Gasteiger partial charge on any atom is 0.176 e. The number of fused-ring (bicyclic) bond motifs is 1. The van der Waals surface area contributed by atoms with E-state index in [0.29, 0.717) is 29.7 Å². The van der Waals surface area contributed by atoms with Gasteiger partial charge < -0.3 is 9.84 Å². The van der Waals surface area contributed by atoms with Gasteiger partial charge in [0.05, 0.1) is 12.6 Å². The van der Waals surface area contributed by atoms with Crippen molar-refractivity contribution in [3.8, 4) is 11.5 Å². The van der Waals surface area contributed by atoms with Crippen LogP contribution in [0.1, 0.15) is 23.2 Å². The highest BCUT2D eigenvalue weighted by molar-refractivity contribution is 5.97. The fourth-order valence-electron chi connectivity index (χ4n) is 4.23. The number of para-hydroxylation sites is 1. The van der Waals surface area contributed by atoms with E-state index in [1.54, 1.807) is 30.3 Å². The number of likely N-dealkylation sites (tertiary alicyclic amines) is 1. The van der Waals surface area contributed by atoms with Gasteiger partial charge in [0.1, 0.15) is 5.75 Å². The Hall–Kier alpha value is -2.40. The van der Waals surface area contributed by atoms with Gasteiger partial charge in [0.25, 0.3) is 0 Å². The van der Waals surface area contributed by atoms with E-state index in [1.807, 2.05) is 0 Å². The first-order valence-electron chi connectivity index (χ1n) is 9.04. The van der Waals surface area contributed by atoms with E-state index in [4.69, 9.17) is 4.74 Å². The maximum atomic E-state index is 13.7. The molecule has 5 heteroatoms. The van der Waals surface area contributed by atoms with Crippen molar-refractivity contribution in [1.29, 1.82) is 0 Å². The summed E-state index contributed by atoms with van der Waals surface area (Å²) in [7, 11) is 0. The Morgan fingerprint density at radius 2 is 1.73 bits per heavy atom. The smallest absolute Gasteiger partial charge is 0.176 e. The van der Waals surface area contributed by atoms with Crippen molar-refractivity contribution in [2.45, 2.75) is 18.9 Å². The molecule has 2 aromatic carbocycles. The summed E-state index contributed by atoms with van der Waals surface area (Å²) in [6.45, 7) is 2.16. The molecule has 2 aliphatic rings. The lowest BCUT2D eigenvalue weighted by molar-refractivity contribution is 0.0936. The highest BCUT2D eigenvalue weighted by atomic mass is 19.1. The van der Waals surface area contributed by atoms with Gasteiger partial charge in [-0.15, -0.1) is 0 Å². The fraction of sp³-hybridized carbons (Fsp3) is 0.381. The molecule has 1 heterocycles. The molecule has 0 aromatic heterocycles. The summed E-state index contributed by atoms with van der Waals surface area (Å²) in [4.78, 5) is 14.6. The quantitative estimate of drug-likeness (QED) is 0.834. The number of phenols is 1. The van der Waals surface area contributed by atoms with Gasteiger partial charge in [0.2, 0.25) is 0 Å². The van der Waals surface area contributed by atoms with E-state index < -0.39 is 0 Å². The number of rotatable bonds is 5. The molecule has 26 heavy (non-hydrogen) atoms. The second-order valence-corrected chi connectivity index (χ2v) is 7.33. The summed E-state index contributed by atoms with van der Waals surface area (Å²) < 4.78 is 19.6. The van der Waals surface area contributed by atoms with Crippen LogP contribution in [0.2, 0.25) is 0 Å². The van der Waals surface area contributed by atoms with Crippen LogP contribution in [0.25, 0.3) is 0 Å². The van der Waals surface area contributed by atoms with Gasteiger partial charge >= 0.3 is 0 Å². The van der Waals surface area contributed by atoms with Crippen molar-refractivity contribution < 1.29 is 19.0 Å². The summed E-state index contributed by atoms with van der Waals surface area (Å²) in [6, 6.07) is 12.9. The zero-order valence-electron chi connectivity index (χ0n) is 14.5. The molecule has 0 amide bonds. The number of nitrogens with zero attached hydrogens (tertiary/aromatic N) is 1. The number of carbonyl (C=O) groups excluding carboxylic acids is 1. The Labute approximate surface area is 152 Å². The van der Waals surface area contributed by atoms with E-state index >= 15 is 0 Å². The van der Waals surface area contributed by atoms with Gasteiger partial charge in [-0.3, -0.25) is 9.69 Å². The molecule has 4 nitrogen and oxygen atoms in total. The number of Topliss-reactive ketones (excluding diaryl/α,β-unsaturated/α-hetero) is 1. The summed E-state index contributed by atoms with van der Waals surface area (Å²) >= 11 is 0. The van der Waals surface area contributed by atoms with Gasteiger partial charge in [-0.25, -0.2) is 4.39 Å². The lowest BCUT2D eigenvalue weighted by Crippen LogP contribution is -2.30. The predicted molar refractivity (Wildman–Crippen MR) is 95.9 cm³/mol. The molecule has 2 aromatic rings. The summed E-state index contributed by atoms with van der Waals surface area (Å²) in [5.74, 6) is 1.25. The largest absolute Gasteiger partial charge is 0.508 e. The lowest BCUT2D eigenvalue weighted by atomic mass is 10.0. The second-order valence-electron chi connectivity index (χ2n) is 7.33. The molecule has 2 fully saturated rings. The molecular formula is C21H22FNO3. The van der Waals surface area contributed by atoms with Crippen molar-refractivity contribution in [2.75, 3.05) is 19.6 Å². The molecule has 4 rings (SSSR count). The minimum atomic E-state index is -0.314. The minimum absolute atomic E-state index is 0.0526. The van der Waals surface area contributed by atoms with Crippen molar-refractivity contribution in [3.05, 3.63) is 59.9 Å². The number of ether oxygens (including phenoxy) is 1. The predicted octanol–water partition coefficient (Wildman–Crippen LogP) is 3.50. The van der Waals surface area contributed by atoms with Gasteiger partial charge in [-0.05, 0) is 61.1 Å². The molecule has 1 aliphatic heterocycles. The van der Waals surface area contributed by atoms with Crippen LogP contribution < -0.4 is 4.74 Å². The number of benzene rings is 2. The van der Waals surface area contributed by atoms with Crippen LogP contribution in [0.15, 0.2) is 48.5 Å². The van der Waals surface area contributed by atoms with Gasteiger partial charge in [-0.1, -0.05) is 12.1 Å². The van der Waals surface area contributed by atoms with E-state index in [2.05, 4.69) is 4.90 Å². The molecule has 0 radical (unpaired) electrons. The first-order chi connectivity index (χ1) is 12.6. The number of phenolic OH excluding ortho intramolecular Hbond substituents is 1. The third-order valence-electron chi connectivity index (χ3n) is 5.47. The molecule has 1 N–H and O–H groups in total. The van der Waals surface area contributed by atoms with Gasteiger partial charge in [-0.2, -0.15) is 0 Å². The van der Waals surface area contributed by atoms with Crippen molar-refractivity contribution in [3.63, 3.8) is 0 Å². The number of ketones is 1. The second kappa shape index (κ2) is 7.08. The van der Waals surface area contributed by atoms with Gasteiger partial charge in [0.15, 0.2) is 17.3 Å². The van der Waals surface area contributed by atoms with Gasteiger partial charge in [0, 0.05) is 18.7 Å². The Balaban J connectivity index is 1.30. The maximum absolute atomic E-state index is 13.7. The average molecular weight is 355 g/mol.